The van der Waals surface area contributed by atoms with Gasteiger partial charge in [-0.15, -0.1) is 0 Å². The average Bonchev–Trinajstić information content (AvgIpc) is 2.18. The first kappa shape index (κ1) is 8.74. The van der Waals surface area contributed by atoms with Crippen LogP contribution in [0.2, 0.25) is 0 Å². The van der Waals surface area contributed by atoms with E-state index in [1.807, 2.05) is 18.2 Å². The molecule has 1 aliphatic heterocycles. The molecule has 0 amide bonds. The van der Waals surface area contributed by atoms with E-state index in [-0.39, 0.29) is 12.3 Å². The van der Waals surface area contributed by atoms with Gasteiger partial charge in [-0.3, -0.25) is 4.79 Å². The lowest BCUT2D eigenvalue weighted by Gasteiger charge is -2.16. The Balaban J connectivity index is 2.31. The Morgan fingerprint density at radius 2 is 2.29 bits per heavy atom. The van der Waals surface area contributed by atoms with Crippen molar-refractivity contribution in [2.75, 3.05) is 0 Å². The monoisotopic (exact) mass is 191 g/mol. The molecule has 0 aromatic heterocycles. The number of carboxylic acids is 1. The van der Waals surface area contributed by atoms with E-state index in [1.54, 1.807) is 6.07 Å². The van der Waals surface area contributed by atoms with E-state index in [0.717, 1.165) is 5.56 Å². The molecule has 1 aliphatic rings. The van der Waals surface area contributed by atoms with Crippen molar-refractivity contribution >= 4 is 12.2 Å². The van der Waals surface area contributed by atoms with Gasteiger partial charge in [-0.25, -0.2) is 0 Å². The minimum absolute atomic E-state index is 0.0455. The molecular weight excluding hydrogens is 182 g/mol. The summed E-state index contributed by atoms with van der Waals surface area (Å²) in [4.78, 5) is 15.6. The third-order valence-electron chi connectivity index (χ3n) is 2.10. The summed E-state index contributed by atoms with van der Waals surface area (Å²) in [5.74, 6) is -0.378. The number of hydrogen-bond acceptors (Lipinski definition) is 3. The Morgan fingerprint density at radius 1 is 1.50 bits per heavy atom. The second kappa shape index (κ2) is 3.49. The molecule has 0 saturated heterocycles. The molecule has 1 atom stereocenters. The van der Waals surface area contributed by atoms with Gasteiger partial charge in [0.2, 0.25) is 0 Å². The number of para-hydroxylation sites is 1. The second-order valence-electron chi connectivity index (χ2n) is 3.09. The number of hydrogen-bond donors (Lipinski definition) is 1. The van der Waals surface area contributed by atoms with Crippen molar-refractivity contribution in [1.29, 1.82) is 0 Å². The van der Waals surface area contributed by atoms with Crippen LogP contribution < -0.4 is 4.84 Å². The lowest BCUT2D eigenvalue weighted by Crippen LogP contribution is -2.12. The predicted molar refractivity (Wildman–Crippen MR) is 50.6 cm³/mol. The van der Waals surface area contributed by atoms with Crippen LogP contribution in [-0.2, 0) is 4.79 Å². The van der Waals surface area contributed by atoms with E-state index in [1.165, 1.54) is 6.21 Å². The molecule has 0 saturated carbocycles. The largest absolute Gasteiger partial charge is 0.481 e. The predicted octanol–water partition coefficient (Wildman–Crippen LogP) is 1.62. The van der Waals surface area contributed by atoms with Crippen molar-refractivity contribution in [3.63, 3.8) is 0 Å². The van der Waals surface area contributed by atoms with E-state index in [0.29, 0.717) is 5.75 Å². The van der Waals surface area contributed by atoms with Crippen LogP contribution in [0.4, 0.5) is 0 Å². The van der Waals surface area contributed by atoms with Gasteiger partial charge in [0, 0.05) is 11.5 Å². The summed E-state index contributed by atoms with van der Waals surface area (Å²) >= 11 is 0. The standard InChI is InChI=1S/C10H9NO3/c12-10(13)5-7-6-11-14-9-4-2-1-3-8(7)9/h1-4,6-7H,5H2,(H,12,13). The Morgan fingerprint density at radius 3 is 3.07 bits per heavy atom. The molecule has 0 fully saturated rings. The molecule has 1 unspecified atom stereocenters. The van der Waals surface area contributed by atoms with Crippen LogP contribution in [0.5, 0.6) is 5.75 Å². The van der Waals surface area contributed by atoms with Gasteiger partial charge in [0.1, 0.15) is 0 Å². The lowest BCUT2D eigenvalue weighted by atomic mass is 9.95. The maximum absolute atomic E-state index is 10.6. The fourth-order valence-electron chi connectivity index (χ4n) is 1.46. The molecule has 72 valence electrons. The molecule has 4 nitrogen and oxygen atoms in total. The van der Waals surface area contributed by atoms with Gasteiger partial charge in [0.05, 0.1) is 12.6 Å². The minimum atomic E-state index is -0.835. The van der Waals surface area contributed by atoms with Crippen LogP contribution in [0, 0.1) is 0 Å². The van der Waals surface area contributed by atoms with E-state index in [4.69, 9.17) is 9.94 Å². The highest BCUT2D eigenvalue weighted by atomic mass is 16.6. The Labute approximate surface area is 80.8 Å². The van der Waals surface area contributed by atoms with Gasteiger partial charge in [-0.05, 0) is 6.07 Å². The van der Waals surface area contributed by atoms with Gasteiger partial charge in [-0.2, -0.15) is 0 Å². The average molecular weight is 191 g/mol. The van der Waals surface area contributed by atoms with Gasteiger partial charge in [0.25, 0.3) is 0 Å². The van der Waals surface area contributed by atoms with Crippen LogP contribution in [-0.4, -0.2) is 17.3 Å². The summed E-state index contributed by atoms with van der Waals surface area (Å²) in [6.45, 7) is 0. The van der Waals surface area contributed by atoms with Gasteiger partial charge < -0.3 is 9.94 Å². The fraction of sp³-hybridized carbons (Fsp3) is 0.200. The maximum Gasteiger partial charge on any atom is 0.304 e. The number of carbonyl (C=O) groups is 1. The second-order valence-corrected chi connectivity index (χ2v) is 3.09. The third kappa shape index (κ3) is 1.59. The Hall–Kier alpha value is -1.84. The van der Waals surface area contributed by atoms with Crippen LogP contribution in [0.15, 0.2) is 29.4 Å². The first-order valence-electron chi connectivity index (χ1n) is 4.28. The normalized spacial score (nSPS) is 18.4. The molecule has 1 N–H and O–H groups in total. The zero-order valence-electron chi connectivity index (χ0n) is 7.38. The molecule has 0 radical (unpaired) electrons. The van der Waals surface area contributed by atoms with Crippen molar-refractivity contribution in [1.82, 2.24) is 0 Å². The van der Waals surface area contributed by atoms with E-state index in [2.05, 4.69) is 5.16 Å². The van der Waals surface area contributed by atoms with Gasteiger partial charge >= 0.3 is 5.97 Å². The fourth-order valence-corrected chi connectivity index (χ4v) is 1.46. The molecule has 1 aromatic carbocycles. The van der Waals surface area contributed by atoms with Crippen molar-refractivity contribution in [2.24, 2.45) is 5.16 Å². The summed E-state index contributed by atoms with van der Waals surface area (Å²) in [6.07, 6.45) is 1.57. The maximum atomic E-state index is 10.6. The first-order valence-corrected chi connectivity index (χ1v) is 4.28. The summed E-state index contributed by atoms with van der Waals surface area (Å²) in [5, 5.41) is 12.4. The molecule has 0 aliphatic carbocycles. The number of aliphatic carboxylic acids is 1. The minimum Gasteiger partial charge on any atom is -0.481 e. The summed E-state index contributed by atoms with van der Waals surface area (Å²) < 4.78 is 0. The number of oxime groups is 1. The number of fused-ring (bicyclic) bond motifs is 1. The van der Waals surface area contributed by atoms with Crippen LogP contribution >= 0.6 is 0 Å². The zero-order chi connectivity index (χ0) is 9.97. The first-order chi connectivity index (χ1) is 6.77. The van der Waals surface area contributed by atoms with Gasteiger partial charge in [0.15, 0.2) is 5.75 Å². The van der Waals surface area contributed by atoms with E-state index >= 15 is 0 Å². The molecule has 4 heteroatoms. The molecule has 1 aromatic rings. The summed E-state index contributed by atoms with van der Waals surface area (Å²) in [5.41, 5.74) is 0.880. The highest BCUT2D eigenvalue weighted by Gasteiger charge is 2.20. The Bertz CT molecular complexity index is 387. The lowest BCUT2D eigenvalue weighted by molar-refractivity contribution is -0.137. The molecule has 1 heterocycles. The number of carboxylic acid groups (broad SMARTS) is 1. The van der Waals surface area contributed by atoms with Crippen LogP contribution in [0.25, 0.3) is 0 Å². The number of benzene rings is 1. The summed E-state index contributed by atoms with van der Waals surface area (Å²) in [7, 11) is 0. The zero-order valence-corrected chi connectivity index (χ0v) is 7.38. The SMILES string of the molecule is O=C(O)CC1C=NOc2ccccc21. The quantitative estimate of drug-likeness (QED) is 0.772. The molecule has 0 bridgehead atoms. The molecule has 2 rings (SSSR count). The highest BCUT2D eigenvalue weighted by molar-refractivity contribution is 5.79. The van der Waals surface area contributed by atoms with Crippen molar-refractivity contribution in [3.8, 4) is 5.75 Å². The highest BCUT2D eigenvalue weighted by Crippen LogP contribution is 2.30. The smallest absolute Gasteiger partial charge is 0.304 e. The molecule has 0 spiro atoms. The van der Waals surface area contributed by atoms with Gasteiger partial charge in [-0.1, -0.05) is 23.4 Å². The number of nitrogens with zero attached hydrogens (tertiary/aromatic N) is 1. The topological polar surface area (TPSA) is 58.9 Å². The van der Waals surface area contributed by atoms with Crippen LogP contribution in [0.1, 0.15) is 17.9 Å². The summed E-state index contributed by atoms with van der Waals surface area (Å²) in [6, 6.07) is 7.32. The van der Waals surface area contributed by atoms with Crippen LogP contribution in [0.3, 0.4) is 0 Å². The van der Waals surface area contributed by atoms with E-state index in [9.17, 15) is 4.79 Å². The van der Waals surface area contributed by atoms with E-state index < -0.39 is 5.97 Å². The molecular formula is C10H9NO3. The number of rotatable bonds is 2. The van der Waals surface area contributed by atoms with Crippen molar-refractivity contribution in [3.05, 3.63) is 29.8 Å². The third-order valence-corrected chi connectivity index (χ3v) is 2.10. The van der Waals surface area contributed by atoms with Crippen molar-refractivity contribution < 1.29 is 14.7 Å². The molecule has 14 heavy (non-hydrogen) atoms. The Kier molecular flexibility index (Phi) is 2.18. The van der Waals surface area contributed by atoms with Crippen molar-refractivity contribution in [2.45, 2.75) is 12.3 Å².